The van der Waals surface area contributed by atoms with Crippen molar-refractivity contribution in [3.05, 3.63) is 71.3 Å². The molecule has 0 saturated carbocycles. The largest absolute Gasteiger partial charge is 0.420 e. The van der Waals surface area contributed by atoms with Crippen LogP contribution in [0.2, 0.25) is 0 Å². The molecule has 1 amide bonds. The number of aryl methyl sites for hydroxylation is 1. The van der Waals surface area contributed by atoms with Gasteiger partial charge in [0.15, 0.2) is 5.58 Å². The molecule has 2 aromatic heterocycles. The fourth-order valence-electron chi connectivity index (χ4n) is 3.41. The summed E-state index contributed by atoms with van der Waals surface area (Å²) >= 11 is 0. The molecule has 1 unspecified atom stereocenters. The second-order valence-electron chi connectivity index (χ2n) is 6.59. The van der Waals surface area contributed by atoms with Gasteiger partial charge in [0, 0.05) is 24.8 Å². The number of hydrogen-bond acceptors (Lipinski definition) is 3. The summed E-state index contributed by atoms with van der Waals surface area (Å²) in [6.07, 6.45) is 2.87. The number of benzene rings is 2. The summed E-state index contributed by atoms with van der Waals surface area (Å²) in [6.45, 7) is 3.06. The van der Waals surface area contributed by atoms with Crippen LogP contribution < -0.4 is 11.1 Å². The number of para-hydroxylation sites is 3. The fourth-order valence-corrected chi connectivity index (χ4v) is 3.41. The van der Waals surface area contributed by atoms with Gasteiger partial charge in [-0.3, -0.25) is 9.36 Å². The molecule has 1 N–H and O–H groups in total. The zero-order chi connectivity index (χ0) is 18.8. The van der Waals surface area contributed by atoms with Crippen LogP contribution in [0.5, 0.6) is 0 Å². The number of oxazole rings is 1. The Morgan fingerprint density at radius 2 is 1.81 bits per heavy atom. The summed E-state index contributed by atoms with van der Waals surface area (Å²) in [5.41, 5.74) is 2.30. The minimum atomic E-state index is -0.631. The van der Waals surface area contributed by atoms with Crippen molar-refractivity contribution in [2.24, 2.45) is 0 Å². The number of aromatic nitrogens is 2. The van der Waals surface area contributed by atoms with Gasteiger partial charge in [0.05, 0.1) is 5.52 Å². The van der Waals surface area contributed by atoms with Crippen molar-refractivity contribution >= 4 is 27.9 Å². The third-order valence-corrected chi connectivity index (χ3v) is 4.84. The van der Waals surface area contributed by atoms with E-state index in [0.29, 0.717) is 17.6 Å². The van der Waals surface area contributed by atoms with Crippen molar-refractivity contribution in [2.75, 3.05) is 6.54 Å². The van der Waals surface area contributed by atoms with Crippen molar-refractivity contribution in [1.29, 1.82) is 0 Å². The van der Waals surface area contributed by atoms with E-state index in [2.05, 4.69) is 34.3 Å². The summed E-state index contributed by atoms with van der Waals surface area (Å²) in [6, 6.07) is 16.8. The molecule has 0 aliphatic rings. The molecular formula is C21H21N3O3. The first-order valence-corrected chi connectivity index (χ1v) is 9.07. The van der Waals surface area contributed by atoms with Crippen LogP contribution in [0.1, 0.15) is 19.4 Å². The van der Waals surface area contributed by atoms with E-state index in [0.717, 1.165) is 13.0 Å². The molecule has 0 spiro atoms. The Morgan fingerprint density at radius 1 is 1.07 bits per heavy atom. The van der Waals surface area contributed by atoms with Crippen LogP contribution in [0.3, 0.4) is 0 Å². The molecule has 138 valence electrons. The molecule has 4 rings (SSSR count). The van der Waals surface area contributed by atoms with Crippen molar-refractivity contribution in [1.82, 2.24) is 14.5 Å². The third kappa shape index (κ3) is 3.26. The maximum atomic E-state index is 12.5. The lowest BCUT2D eigenvalue weighted by atomic mass is 10.2. The lowest BCUT2D eigenvalue weighted by molar-refractivity contribution is -0.123. The lowest BCUT2D eigenvalue weighted by Crippen LogP contribution is -2.35. The molecule has 27 heavy (non-hydrogen) atoms. The smallest absolute Gasteiger partial charge is 0.408 e. The number of nitrogens with zero attached hydrogens (tertiary/aromatic N) is 2. The molecular weight excluding hydrogens is 342 g/mol. The van der Waals surface area contributed by atoms with Crippen LogP contribution in [0.15, 0.2) is 70.0 Å². The number of nitrogens with one attached hydrogen (secondary N) is 1. The fraction of sp³-hybridized carbons (Fsp3) is 0.238. The van der Waals surface area contributed by atoms with E-state index in [4.69, 9.17) is 4.42 Å². The van der Waals surface area contributed by atoms with E-state index < -0.39 is 11.8 Å². The van der Waals surface area contributed by atoms with E-state index in [-0.39, 0.29) is 5.91 Å². The van der Waals surface area contributed by atoms with Crippen LogP contribution in [0.25, 0.3) is 22.0 Å². The van der Waals surface area contributed by atoms with E-state index in [1.807, 2.05) is 18.2 Å². The predicted octanol–water partition coefficient (Wildman–Crippen LogP) is 3.32. The Bertz CT molecular complexity index is 1150. The summed E-state index contributed by atoms with van der Waals surface area (Å²) in [7, 11) is 0. The number of rotatable bonds is 6. The highest BCUT2D eigenvalue weighted by molar-refractivity contribution is 5.83. The van der Waals surface area contributed by atoms with Crippen molar-refractivity contribution < 1.29 is 9.21 Å². The van der Waals surface area contributed by atoms with Gasteiger partial charge >= 0.3 is 5.76 Å². The van der Waals surface area contributed by atoms with Crippen LogP contribution in [-0.2, 0) is 11.3 Å². The van der Waals surface area contributed by atoms with Crippen LogP contribution in [-0.4, -0.2) is 21.6 Å². The quantitative estimate of drug-likeness (QED) is 0.534. The zero-order valence-electron chi connectivity index (χ0n) is 15.1. The molecule has 6 nitrogen and oxygen atoms in total. The van der Waals surface area contributed by atoms with Crippen molar-refractivity contribution in [3.8, 4) is 0 Å². The predicted molar refractivity (Wildman–Crippen MR) is 105 cm³/mol. The van der Waals surface area contributed by atoms with Crippen LogP contribution >= 0.6 is 0 Å². The SMILES string of the molecule is CC(C(=O)NCCCn1ccc2ccccc21)n1c(=O)oc2ccccc21. The summed E-state index contributed by atoms with van der Waals surface area (Å²) in [5.74, 6) is -0.710. The Morgan fingerprint density at radius 3 is 2.67 bits per heavy atom. The highest BCUT2D eigenvalue weighted by Gasteiger charge is 2.20. The van der Waals surface area contributed by atoms with E-state index >= 15 is 0 Å². The molecule has 0 radical (unpaired) electrons. The number of fused-ring (bicyclic) bond motifs is 2. The average Bonchev–Trinajstić information content (AvgIpc) is 3.24. The van der Waals surface area contributed by atoms with Gasteiger partial charge < -0.3 is 14.3 Å². The highest BCUT2D eigenvalue weighted by atomic mass is 16.4. The second kappa shape index (κ2) is 7.15. The number of hydrogen-bond donors (Lipinski definition) is 1. The molecule has 0 saturated heterocycles. The van der Waals surface area contributed by atoms with E-state index in [1.54, 1.807) is 25.1 Å². The first-order valence-electron chi connectivity index (χ1n) is 9.07. The molecule has 0 fully saturated rings. The Labute approximate surface area is 156 Å². The second-order valence-corrected chi connectivity index (χ2v) is 6.59. The third-order valence-electron chi connectivity index (χ3n) is 4.84. The maximum absolute atomic E-state index is 12.5. The minimum Gasteiger partial charge on any atom is -0.408 e. The summed E-state index contributed by atoms with van der Waals surface area (Å²) in [4.78, 5) is 24.6. The van der Waals surface area contributed by atoms with Gasteiger partial charge in [-0.15, -0.1) is 0 Å². The number of carbonyl (C=O) groups excluding carboxylic acids is 1. The van der Waals surface area contributed by atoms with Gasteiger partial charge in [-0.1, -0.05) is 30.3 Å². The first-order chi connectivity index (χ1) is 13.1. The molecule has 1 atom stereocenters. The molecule has 0 aliphatic carbocycles. The molecule has 2 heterocycles. The molecule has 2 aromatic carbocycles. The highest BCUT2D eigenvalue weighted by Crippen LogP contribution is 2.17. The van der Waals surface area contributed by atoms with Gasteiger partial charge in [-0.05, 0) is 43.0 Å². The number of amides is 1. The lowest BCUT2D eigenvalue weighted by Gasteiger charge is -2.13. The minimum absolute atomic E-state index is 0.194. The molecule has 4 aromatic rings. The molecule has 0 bridgehead atoms. The van der Waals surface area contributed by atoms with Crippen LogP contribution in [0, 0.1) is 0 Å². The zero-order valence-corrected chi connectivity index (χ0v) is 15.1. The monoisotopic (exact) mass is 363 g/mol. The van der Waals surface area contributed by atoms with Gasteiger partial charge in [-0.25, -0.2) is 4.79 Å². The number of carbonyl (C=O) groups is 1. The van der Waals surface area contributed by atoms with Gasteiger partial charge in [-0.2, -0.15) is 0 Å². The first kappa shape index (κ1) is 17.1. The van der Waals surface area contributed by atoms with Crippen molar-refractivity contribution in [2.45, 2.75) is 25.9 Å². The van der Waals surface area contributed by atoms with Crippen LogP contribution in [0.4, 0.5) is 0 Å². The van der Waals surface area contributed by atoms with E-state index in [1.165, 1.54) is 15.5 Å². The van der Waals surface area contributed by atoms with Gasteiger partial charge in [0.2, 0.25) is 5.91 Å². The Balaban J connectivity index is 1.38. The molecule has 0 aliphatic heterocycles. The molecule has 6 heteroatoms. The Kier molecular flexibility index (Phi) is 4.54. The standard InChI is InChI=1S/C21H21N3O3/c1-15(24-18-9-4-5-10-19(18)27-21(24)26)20(25)22-12-6-13-23-14-11-16-7-2-3-8-17(16)23/h2-5,7-11,14-15H,6,12-13H2,1H3,(H,22,25). The van der Waals surface area contributed by atoms with Gasteiger partial charge in [0.1, 0.15) is 6.04 Å². The van der Waals surface area contributed by atoms with Crippen molar-refractivity contribution in [3.63, 3.8) is 0 Å². The Hall–Kier alpha value is -3.28. The maximum Gasteiger partial charge on any atom is 0.420 e. The summed E-state index contributed by atoms with van der Waals surface area (Å²) < 4.78 is 8.78. The topological polar surface area (TPSA) is 69.2 Å². The summed E-state index contributed by atoms with van der Waals surface area (Å²) in [5, 5.41) is 4.13. The average molecular weight is 363 g/mol. The normalized spacial score (nSPS) is 12.5. The van der Waals surface area contributed by atoms with Gasteiger partial charge in [0.25, 0.3) is 0 Å². The van der Waals surface area contributed by atoms with E-state index in [9.17, 15) is 9.59 Å².